The third kappa shape index (κ3) is 1.44. The van der Waals surface area contributed by atoms with Crippen molar-refractivity contribution < 1.29 is 0 Å². The van der Waals surface area contributed by atoms with Crippen molar-refractivity contribution in [3.8, 4) is 5.69 Å². The molecule has 0 aliphatic carbocycles. The van der Waals surface area contributed by atoms with Crippen LogP contribution in [-0.2, 0) is 0 Å². The lowest BCUT2D eigenvalue weighted by molar-refractivity contribution is 1.05. The fraction of sp³-hybridized carbons (Fsp3) is 0. The van der Waals surface area contributed by atoms with Crippen LogP contribution in [0.2, 0.25) is 5.28 Å². The maximum Gasteiger partial charge on any atom is 0.229 e. The van der Waals surface area contributed by atoms with E-state index in [1.165, 1.54) is 0 Å². The summed E-state index contributed by atoms with van der Waals surface area (Å²) in [7, 11) is 0. The number of halogens is 1. The summed E-state index contributed by atoms with van der Waals surface area (Å²) in [4.78, 5) is 4.34. The van der Waals surface area contributed by atoms with E-state index in [9.17, 15) is 0 Å². The molecule has 2 aromatic heterocycles. The van der Waals surface area contributed by atoms with Gasteiger partial charge in [-0.05, 0) is 23.7 Å². The molecule has 0 bridgehead atoms. The SMILES string of the molecule is Clc1nncn1-c1cnc2ccccc2c1. The second kappa shape index (κ2) is 3.57. The molecule has 0 unspecified atom stereocenters. The van der Waals surface area contributed by atoms with Gasteiger partial charge in [0.1, 0.15) is 6.33 Å². The highest BCUT2D eigenvalue weighted by atomic mass is 35.5. The van der Waals surface area contributed by atoms with E-state index in [1.54, 1.807) is 17.1 Å². The largest absolute Gasteiger partial charge is 0.271 e. The summed E-state index contributed by atoms with van der Waals surface area (Å²) in [6.45, 7) is 0. The van der Waals surface area contributed by atoms with Gasteiger partial charge in [0.05, 0.1) is 17.4 Å². The van der Waals surface area contributed by atoms with Crippen molar-refractivity contribution in [1.29, 1.82) is 0 Å². The summed E-state index contributed by atoms with van der Waals surface area (Å²) in [6.07, 6.45) is 3.31. The molecular weight excluding hydrogens is 224 g/mol. The van der Waals surface area contributed by atoms with Gasteiger partial charge in [-0.1, -0.05) is 18.2 Å². The highest BCUT2D eigenvalue weighted by molar-refractivity contribution is 6.28. The molecule has 0 aliphatic heterocycles. The van der Waals surface area contributed by atoms with Crippen LogP contribution in [0.1, 0.15) is 0 Å². The third-order valence-corrected chi connectivity index (χ3v) is 2.62. The molecule has 4 nitrogen and oxygen atoms in total. The van der Waals surface area contributed by atoms with Crippen LogP contribution >= 0.6 is 11.6 Å². The first-order chi connectivity index (χ1) is 7.84. The van der Waals surface area contributed by atoms with Gasteiger partial charge in [-0.25, -0.2) is 0 Å². The topological polar surface area (TPSA) is 43.6 Å². The fourth-order valence-corrected chi connectivity index (χ4v) is 1.77. The van der Waals surface area contributed by atoms with Crippen molar-refractivity contribution in [2.24, 2.45) is 0 Å². The monoisotopic (exact) mass is 230 g/mol. The molecule has 3 rings (SSSR count). The summed E-state index contributed by atoms with van der Waals surface area (Å²) in [5.74, 6) is 0. The van der Waals surface area contributed by atoms with Gasteiger partial charge in [-0.3, -0.25) is 9.55 Å². The Morgan fingerprint density at radius 2 is 2.06 bits per heavy atom. The lowest BCUT2D eigenvalue weighted by Gasteiger charge is -2.03. The predicted molar refractivity (Wildman–Crippen MR) is 61.7 cm³/mol. The molecule has 16 heavy (non-hydrogen) atoms. The fourth-order valence-electron chi connectivity index (χ4n) is 1.59. The normalized spacial score (nSPS) is 10.8. The highest BCUT2D eigenvalue weighted by Crippen LogP contribution is 2.17. The molecule has 0 atom stereocenters. The number of nitrogens with zero attached hydrogens (tertiary/aromatic N) is 4. The molecule has 3 aromatic rings. The van der Waals surface area contributed by atoms with Crippen LogP contribution < -0.4 is 0 Å². The van der Waals surface area contributed by atoms with E-state index < -0.39 is 0 Å². The van der Waals surface area contributed by atoms with E-state index in [1.807, 2.05) is 30.3 Å². The Bertz CT molecular complexity index is 647. The maximum absolute atomic E-state index is 5.89. The highest BCUT2D eigenvalue weighted by Gasteiger charge is 2.04. The number of rotatable bonds is 1. The Morgan fingerprint density at radius 1 is 1.19 bits per heavy atom. The first kappa shape index (κ1) is 9.30. The summed E-state index contributed by atoms with van der Waals surface area (Å²) in [6, 6.07) is 9.90. The lowest BCUT2D eigenvalue weighted by Crippen LogP contribution is -1.93. The van der Waals surface area contributed by atoms with E-state index in [0.29, 0.717) is 5.28 Å². The number of pyridine rings is 1. The maximum atomic E-state index is 5.89. The molecule has 0 spiro atoms. The van der Waals surface area contributed by atoms with Gasteiger partial charge in [-0.2, -0.15) is 0 Å². The molecule has 0 radical (unpaired) electrons. The molecule has 0 N–H and O–H groups in total. The summed E-state index contributed by atoms with van der Waals surface area (Å²) in [5.41, 5.74) is 1.81. The minimum absolute atomic E-state index is 0.331. The summed E-state index contributed by atoms with van der Waals surface area (Å²) >= 11 is 5.89. The van der Waals surface area contributed by atoms with E-state index in [4.69, 9.17) is 11.6 Å². The summed E-state index contributed by atoms with van der Waals surface area (Å²) in [5, 5.41) is 8.85. The zero-order valence-corrected chi connectivity index (χ0v) is 8.96. The smallest absolute Gasteiger partial charge is 0.229 e. The Balaban J connectivity index is 2.23. The van der Waals surface area contributed by atoms with E-state index in [-0.39, 0.29) is 0 Å². The van der Waals surface area contributed by atoms with Gasteiger partial charge in [0, 0.05) is 5.39 Å². The second-order valence-corrected chi connectivity index (χ2v) is 3.69. The minimum Gasteiger partial charge on any atom is -0.271 e. The lowest BCUT2D eigenvalue weighted by atomic mass is 10.2. The zero-order valence-electron chi connectivity index (χ0n) is 8.21. The molecular formula is C11H7ClN4. The van der Waals surface area contributed by atoms with Gasteiger partial charge < -0.3 is 0 Å². The van der Waals surface area contributed by atoms with Crippen LogP contribution in [0.25, 0.3) is 16.6 Å². The van der Waals surface area contributed by atoms with Crippen LogP contribution in [0.3, 0.4) is 0 Å². The predicted octanol–water partition coefficient (Wildman–Crippen LogP) is 2.47. The van der Waals surface area contributed by atoms with Crippen molar-refractivity contribution in [2.45, 2.75) is 0 Å². The number of benzene rings is 1. The molecule has 0 saturated heterocycles. The van der Waals surface area contributed by atoms with Crippen LogP contribution in [0.5, 0.6) is 0 Å². The first-order valence-electron chi connectivity index (χ1n) is 4.75. The number of hydrogen-bond donors (Lipinski definition) is 0. The van der Waals surface area contributed by atoms with Crippen molar-refractivity contribution >= 4 is 22.5 Å². The first-order valence-corrected chi connectivity index (χ1v) is 5.13. The average Bonchev–Trinajstić information content (AvgIpc) is 2.75. The van der Waals surface area contributed by atoms with Crippen molar-refractivity contribution in [1.82, 2.24) is 19.7 Å². The van der Waals surface area contributed by atoms with Crippen molar-refractivity contribution in [2.75, 3.05) is 0 Å². The van der Waals surface area contributed by atoms with Crippen molar-refractivity contribution in [3.63, 3.8) is 0 Å². The van der Waals surface area contributed by atoms with Crippen LogP contribution in [0.15, 0.2) is 42.9 Å². The molecule has 0 fully saturated rings. The Kier molecular flexibility index (Phi) is 2.08. The molecule has 2 heterocycles. The van der Waals surface area contributed by atoms with Gasteiger partial charge in [0.25, 0.3) is 0 Å². The van der Waals surface area contributed by atoms with Crippen LogP contribution in [0.4, 0.5) is 0 Å². The van der Waals surface area contributed by atoms with Gasteiger partial charge in [0.2, 0.25) is 5.28 Å². The number of hydrogen-bond acceptors (Lipinski definition) is 3. The number of para-hydroxylation sites is 1. The van der Waals surface area contributed by atoms with Gasteiger partial charge in [-0.15, -0.1) is 10.2 Å². The van der Waals surface area contributed by atoms with Crippen LogP contribution in [0, 0.1) is 0 Å². The van der Waals surface area contributed by atoms with E-state index in [2.05, 4.69) is 15.2 Å². The summed E-state index contributed by atoms with van der Waals surface area (Å²) < 4.78 is 1.68. The zero-order chi connectivity index (χ0) is 11.0. The number of aromatic nitrogens is 4. The van der Waals surface area contributed by atoms with E-state index >= 15 is 0 Å². The number of fused-ring (bicyclic) bond motifs is 1. The molecule has 1 aromatic carbocycles. The van der Waals surface area contributed by atoms with Crippen molar-refractivity contribution in [3.05, 3.63) is 48.1 Å². The Labute approximate surface area is 96.5 Å². The molecule has 5 heteroatoms. The molecule has 78 valence electrons. The standard InChI is InChI=1S/C11H7ClN4/c12-11-15-14-7-16(11)9-5-8-3-1-2-4-10(8)13-6-9/h1-7H. The van der Waals surface area contributed by atoms with Gasteiger partial charge in [0.15, 0.2) is 0 Å². The van der Waals surface area contributed by atoms with E-state index in [0.717, 1.165) is 16.6 Å². The Hall–Kier alpha value is -1.94. The molecule has 0 amide bonds. The quantitative estimate of drug-likeness (QED) is 0.645. The molecule has 0 saturated carbocycles. The third-order valence-electron chi connectivity index (χ3n) is 2.36. The van der Waals surface area contributed by atoms with Gasteiger partial charge >= 0.3 is 0 Å². The second-order valence-electron chi connectivity index (χ2n) is 3.36. The Morgan fingerprint density at radius 3 is 2.88 bits per heavy atom. The molecule has 0 aliphatic rings. The minimum atomic E-state index is 0.331. The van der Waals surface area contributed by atoms with Crippen LogP contribution in [-0.4, -0.2) is 19.7 Å². The average molecular weight is 231 g/mol.